The monoisotopic (exact) mass is 172 g/mol. The highest BCUT2D eigenvalue weighted by Gasteiger charge is 2.29. The summed E-state index contributed by atoms with van der Waals surface area (Å²) >= 11 is 0. The average molecular weight is 172 g/mol. The molecule has 2 atom stereocenters. The van der Waals surface area contributed by atoms with Crippen LogP contribution in [0.15, 0.2) is 0 Å². The molecule has 0 aromatic carbocycles. The number of carbonyl (C=O) groups excluding carboxylic acids is 1. The van der Waals surface area contributed by atoms with Crippen LogP contribution in [0.1, 0.15) is 20.3 Å². The van der Waals surface area contributed by atoms with E-state index in [4.69, 9.17) is 9.47 Å². The summed E-state index contributed by atoms with van der Waals surface area (Å²) in [4.78, 5) is 11.3. The van der Waals surface area contributed by atoms with Crippen molar-refractivity contribution in [3.63, 3.8) is 0 Å². The molecule has 0 bridgehead atoms. The zero-order valence-corrected chi connectivity index (χ0v) is 7.71. The Morgan fingerprint density at radius 1 is 1.67 bits per heavy atom. The molecule has 2 unspecified atom stereocenters. The van der Waals surface area contributed by atoms with E-state index < -0.39 is 0 Å². The minimum atomic E-state index is -0.0618. The zero-order valence-electron chi connectivity index (χ0n) is 7.71. The van der Waals surface area contributed by atoms with Crippen molar-refractivity contribution in [1.29, 1.82) is 0 Å². The van der Waals surface area contributed by atoms with Crippen LogP contribution in [0, 0.1) is 11.8 Å². The molecule has 0 N–H and O–H groups in total. The molecular formula is C9H16O3. The Bertz CT molecular complexity index is 156. The van der Waals surface area contributed by atoms with Crippen molar-refractivity contribution < 1.29 is 14.3 Å². The fraction of sp³-hybridized carbons (Fsp3) is 0.889. The van der Waals surface area contributed by atoms with E-state index in [1.54, 1.807) is 0 Å². The summed E-state index contributed by atoms with van der Waals surface area (Å²) in [6.07, 6.45) is 0.806. The molecule has 1 aliphatic rings. The molecule has 0 amide bonds. The van der Waals surface area contributed by atoms with Gasteiger partial charge < -0.3 is 9.47 Å². The van der Waals surface area contributed by atoms with Crippen LogP contribution in [0.2, 0.25) is 0 Å². The molecule has 3 heteroatoms. The van der Waals surface area contributed by atoms with E-state index in [0.717, 1.165) is 6.42 Å². The van der Waals surface area contributed by atoms with E-state index in [2.05, 4.69) is 0 Å². The summed E-state index contributed by atoms with van der Waals surface area (Å²) in [5.74, 6) is 0.296. The van der Waals surface area contributed by atoms with Gasteiger partial charge in [0.15, 0.2) is 0 Å². The van der Waals surface area contributed by atoms with Crippen LogP contribution in [-0.4, -0.2) is 25.8 Å². The number of ether oxygens (including phenoxy) is 2. The molecule has 0 aromatic rings. The normalized spacial score (nSPS) is 29.8. The summed E-state index contributed by atoms with van der Waals surface area (Å²) in [5.41, 5.74) is 0. The molecule has 3 nitrogen and oxygen atoms in total. The van der Waals surface area contributed by atoms with E-state index in [1.165, 1.54) is 0 Å². The van der Waals surface area contributed by atoms with Crippen LogP contribution in [0.4, 0.5) is 0 Å². The van der Waals surface area contributed by atoms with Gasteiger partial charge >= 0.3 is 5.97 Å². The maximum atomic E-state index is 11.3. The van der Waals surface area contributed by atoms with E-state index in [0.29, 0.717) is 25.7 Å². The largest absolute Gasteiger partial charge is 0.466 e. The molecule has 0 aliphatic carbocycles. The molecule has 1 aliphatic heterocycles. The average Bonchev–Trinajstić information content (AvgIpc) is 2.05. The Labute approximate surface area is 73.0 Å². The smallest absolute Gasteiger partial charge is 0.309 e. The van der Waals surface area contributed by atoms with Gasteiger partial charge in [-0.15, -0.1) is 0 Å². The second-order valence-electron chi connectivity index (χ2n) is 3.20. The van der Waals surface area contributed by atoms with Gasteiger partial charge in [0, 0.05) is 13.2 Å². The summed E-state index contributed by atoms with van der Waals surface area (Å²) in [6.45, 7) is 5.71. The predicted octanol–water partition coefficient (Wildman–Crippen LogP) is 1.22. The Kier molecular flexibility index (Phi) is 3.53. The highest BCUT2D eigenvalue weighted by atomic mass is 16.5. The molecule has 1 rings (SSSR count). The van der Waals surface area contributed by atoms with E-state index in [1.807, 2.05) is 13.8 Å². The SMILES string of the molecule is CCOC(=O)C1CCOCC1C. The summed E-state index contributed by atoms with van der Waals surface area (Å²) < 4.78 is 10.2. The molecule has 12 heavy (non-hydrogen) atoms. The predicted molar refractivity (Wildman–Crippen MR) is 44.7 cm³/mol. The standard InChI is InChI=1S/C9H16O3/c1-3-12-9(10)8-4-5-11-6-7(8)2/h7-8H,3-6H2,1-2H3. The fourth-order valence-electron chi connectivity index (χ4n) is 1.48. The number of hydrogen-bond acceptors (Lipinski definition) is 3. The number of carbonyl (C=O) groups is 1. The highest BCUT2D eigenvalue weighted by molar-refractivity contribution is 5.72. The lowest BCUT2D eigenvalue weighted by molar-refractivity contribution is -0.154. The van der Waals surface area contributed by atoms with Crippen LogP contribution in [0.5, 0.6) is 0 Å². The molecular weight excluding hydrogens is 156 g/mol. The third-order valence-corrected chi connectivity index (χ3v) is 2.23. The van der Waals surface area contributed by atoms with Gasteiger partial charge in [-0.05, 0) is 19.3 Å². The lowest BCUT2D eigenvalue weighted by Gasteiger charge is -2.26. The second kappa shape index (κ2) is 4.45. The first-order valence-corrected chi connectivity index (χ1v) is 4.50. The molecule has 0 spiro atoms. The second-order valence-corrected chi connectivity index (χ2v) is 3.20. The lowest BCUT2D eigenvalue weighted by atomic mass is 9.90. The van der Waals surface area contributed by atoms with Gasteiger partial charge in [0.1, 0.15) is 0 Å². The van der Waals surface area contributed by atoms with Crippen molar-refractivity contribution >= 4 is 5.97 Å². The van der Waals surface area contributed by atoms with Crippen molar-refractivity contribution in [3.05, 3.63) is 0 Å². The molecule has 1 saturated heterocycles. The van der Waals surface area contributed by atoms with E-state index >= 15 is 0 Å². The third kappa shape index (κ3) is 2.21. The Hall–Kier alpha value is -0.570. The van der Waals surface area contributed by atoms with Gasteiger partial charge in [-0.1, -0.05) is 6.92 Å². The first kappa shape index (κ1) is 9.52. The van der Waals surface area contributed by atoms with Crippen LogP contribution >= 0.6 is 0 Å². The Balaban J connectivity index is 2.42. The Morgan fingerprint density at radius 3 is 3.00 bits per heavy atom. The number of esters is 1. The Morgan fingerprint density at radius 2 is 2.42 bits per heavy atom. The quantitative estimate of drug-likeness (QED) is 0.587. The van der Waals surface area contributed by atoms with Gasteiger partial charge in [0.25, 0.3) is 0 Å². The summed E-state index contributed by atoms with van der Waals surface area (Å²) in [6, 6.07) is 0. The van der Waals surface area contributed by atoms with Gasteiger partial charge in [0.2, 0.25) is 0 Å². The van der Waals surface area contributed by atoms with Crippen molar-refractivity contribution in [1.82, 2.24) is 0 Å². The fourth-order valence-corrected chi connectivity index (χ4v) is 1.48. The highest BCUT2D eigenvalue weighted by Crippen LogP contribution is 2.22. The molecule has 1 heterocycles. The van der Waals surface area contributed by atoms with Crippen LogP contribution < -0.4 is 0 Å². The van der Waals surface area contributed by atoms with Crippen molar-refractivity contribution in [2.75, 3.05) is 19.8 Å². The van der Waals surface area contributed by atoms with Crippen LogP contribution in [0.3, 0.4) is 0 Å². The third-order valence-electron chi connectivity index (χ3n) is 2.23. The summed E-state index contributed by atoms with van der Waals surface area (Å²) in [7, 11) is 0. The number of hydrogen-bond donors (Lipinski definition) is 0. The molecule has 1 fully saturated rings. The van der Waals surface area contributed by atoms with Gasteiger partial charge in [-0.25, -0.2) is 0 Å². The van der Waals surface area contributed by atoms with Gasteiger partial charge in [-0.3, -0.25) is 4.79 Å². The van der Waals surface area contributed by atoms with Crippen molar-refractivity contribution in [2.24, 2.45) is 11.8 Å². The maximum absolute atomic E-state index is 11.3. The zero-order chi connectivity index (χ0) is 8.97. The minimum absolute atomic E-state index is 0.0544. The molecule has 0 saturated carbocycles. The number of rotatable bonds is 2. The van der Waals surface area contributed by atoms with Crippen LogP contribution in [-0.2, 0) is 14.3 Å². The van der Waals surface area contributed by atoms with E-state index in [9.17, 15) is 4.79 Å². The van der Waals surface area contributed by atoms with Crippen molar-refractivity contribution in [2.45, 2.75) is 20.3 Å². The van der Waals surface area contributed by atoms with Gasteiger partial charge in [0.05, 0.1) is 12.5 Å². The first-order valence-electron chi connectivity index (χ1n) is 4.50. The topological polar surface area (TPSA) is 35.5 Å². The minimum Gasteiger partial charge on any atom is -0.466 e. The lowest BCUT2D eigenvalue weighted by Crippen LogP contribution is -2.32. The van der Waals surface area contributed by atoms with E-state index in [-0.39, 0.29) is 11.9 Å². The van der Waals surface area contributed by atoms with Crippen molar-refractivity contribution in [3.8, 4) is 0 Å². The van der Waals surface area contributed by atoms with Gasteiger partial charge in [-0.2, -0.15) is 0 Å². The molecule has 0 aromatic heterocycles. The van der Waals surface area contributed by atoms with Crippen LogP contribution in [0.25, 0.3) is 0 Å². The maximum Gasteiger partial charge on any atom is 0.309 e. The summed E-state index contributed by atoms with van der Waals surface area (Å²) in [5, 5.41) is 0. The molecule has 70 valence electrons. The molecule has 0 radical (unpaired) electrons. The first-order chi connectivity index (χ1) is 5.75.